The molecule has 0 radical (unpaired) electrons. The molecule has 1 heterocycles. The molecule has 1 aliphatic carbocycles. The molecule has 8 rings (SSSR count). The predicted molar refractivity (Wildman–Crippen MR) is 159 cm³/mol. The van der Waals surface area contributed by atoms with Gasteiger partial charge in [0.25, 0.3) is 0 Å². The van der Waals surface area contributed by atoms with Crippen LogP contribution in [0.3, 0.4) is 0 Å². The molecule has 6 aromatic rings. The second-order valence-corrected chi connectivity index (χ2v) is 10.4. The molecule has 0 atom stereocenters. The highest BCUT2D eigenvalue weighted by molar-refractivity contribution is 5.90. The first-order chi connectivity index (χ1) is 19.8. The summed E-state index contributed by atoms with van der Waals surface area (Å²) >= 11 is 0. The van der Waals surface area contributed by atoms with E-state index < -0.39 is 5.41 Å². The van der Waals surface area contributed by atoms with Crippen molar-refractivity contribution in [2.45, 2.75) is 5.41 Å². The van der Waals surface area contributed by atoms with E-state index in [-0.39, 0.29) is 0 Å². The molecule has 6 aromatic carbocycles. The number of rotatable bonds is 2. The van der Waals surface area contributed by atoms with Crippen LogP contribution in [0.15, 0.2) is 140 Å². The normalized spacial score (nSPS) is 13.4. The van der Waals surface area contributed by atoms with E-state index in [9.17, 15) is 5.26 Å². The predicted octanol–water partition coefficient (Wildman–Crippen LogP) is 9.36. The van der Waals surface area contributed by atoms with E-state index in [4.69, 9.17) is 4.74 Å². The monoisotopic (exact) mass is 509 g/mol. The third kappa shape index (κ3) is 3.04. The number of ether oxygens (including phenoxy) is 1. The lowest BCUT2D eigenvalue weighted by molar-refractivity contribution is 0.438. The van der Waals surface area contributed by atoms with E-state index in [0.717, 1.165) is 39.3 Å². The number of hydrogen-bond acceptors (Lipinski definition) is 2. The van der Waals surface area contributed by atoms with Gasteiger partial charge >= 0.3 is 0 Å². The summed E-state index contributed by atoms with van der Waals surface area (Å²) in [5, 5.41) is 9.43. The largest absolute Gasteiger partial charge is 0.456 e. The van der Waals surface area contributed by atoms with Crippen molar-refractivity contribution in [3.05, 3.63) is 167 Å². The molecule has 0 amide bonds. The minimum Gasteiger partial charge on any atom is -0.456 e. The number of nitrogens with zero attached hydrogens (tertiary/aromatic N) is 1. The molecule has 2 heteroatoms. The molecule has 0 saturated heterocycles. The van der Waals surface area contributed by atoms with E-state index in [1.807, 2.05) is 18.2 Å². The van der Waals surface area contributed by atoms with Gasteiger partial charge in [0.15, 0.2) is 0 Å². The van der Waals surface area contributed by atoms with Crippen LogP contribution >= 0.6 is 0 Å². The zero-order valence-corrected chi connectivity index (χ0v) is 21.6. The molecule has 0 aromatic heterocycles. The van der Waals surface area contributed by atoms with Crippen LogP contribution in [0.1, 0.15) is 27.8 Å². The van der Waals surface area contributed by atoms with Crippen LogP contribution in [0.5, 0.6) is 11.5 Å². The van der Waals surface area contributed by atoms with Gasteiger partial charge in [-0.1, -0.05) is 115 Å². The standard InChI is InChI=1S/C38H23NO/c39-24-25-10-7-11-26(22-25)27-12-8-13-28(23-27)29-16-9-20-35-37(29)40-36-21-6-5-19-34(36)38(35)32-17-3-1-14-30(32)31-15-2-4-18-33(31)38/h1-23H. The molecular formula is C38H23NO. The third-order valence-corrected chi connectivity index (χ3v) is 8.37. The molecule has 0 unspecified atom stereocenters. The molecule has 1 aliphatic heterocycles. The van der Waals surface area contributed by atoms with Crippen molar-refractivity contribution in [1.82, 2.24) is 0 Å². The van der Waals surface area contributed by atoms with Crippen molar-refractivity contribution in [3.63, 3.8) is 0 Å². The quantitative estimate of drug-likeness (QED) is 0.233. The fraction of sp³-hybridized carbons (Fsp3) is 0.0263. The van der Waals surface area contributed by atoms with Crippen molar-refractivity contribution in [2.24, 2.45) is 0 Å². The molecule has 1 spiro atoms. The van der Waals surface area contributed by atoms with E-state index in [1.54, 1.807) is 0 Å². The van der Waals surface area contributed by atoms with Crippen molar-refractivity contribution in [2.75, 3.05) is 0 Å². The molecule has 2 nitrogen and oxygen atoms in total. The highest BCUT2D eigenvalue weighted by Crippen LogP contribution is 2.63. The summed E-state index contributed by atoms with van der Waals surface area (Å²) in [6.45, 7) is 0. The smallest absolute Gasteiger partial charge is 0.140 e. The highest BCUT2D eigenvalue weighted by atomic mass is 16.5. The topological polar surface area (TPSA) is 33.0 Å². The maximum atomic E-state index is 9.43. The van der Waals surface area contributed by atoms with E-state index in [1.165, 1.54) is 27.8 Å². The fourth-order valence-electron chi connectivity index (χ4n) is 6.74. The van der Waals surface area contributed by atoms with Gasteiger partial charge in [0.2, 0.25) is 0 Å². The second kappa shape index (κ2) is 8.56. The fourth-order valence-corrected chi connectivity index (χ4v) is 6.74. The van der Waals surface area contributed by atoms with Crippen LogP contribution in [-0.4, -0.2) is 0 Å². The van der Waals surface area contributed by atoms with Crippen LogP contribution in [0.2, 0.25) is 0 Å². The minimum atomic E-state index is -0.480. The lowest BCUT2D eigenvalue weighted by Gasteiger charge is -2.40. The minimum absolute atomic E-state index is 0.480. The third-order valence-electron chi connectivity index (χ3n) is 8.37. The summed E-state index contributed by atoms with van der Waals surface area (Å²) < 4.78 is 6.82. The lowest BCUT2D eigenvalue weighted by atomic mass is 9.65. The van der Waals surface area contributed by atoms with Crippen LogP contribution in [0.4, 0.5) is 0 Å². The van der Waals surface area contributed by atoms with E-state index in [2.05, 4.69) is 127 Å². The SMILES string of the molecule is N#Cc1cccc(-c2cccc(-c3cccc4c3Oc3ccccc3C43c4ccccc4-c4ccccc43)c2)c1. The van der Waals surface area contributed by atoms with E-state index in [0.29, 0.717) is 5.56 Å². The Morgan fingerprint density at radius 3 is 1.77 bits per heavy atom. The summed E-state index contributed by atoms with van der Waals surface area (Å²) in [4.78, 5) is 0. The molecule has 0 bridgehead atoms. The zero-order chi connectivity index (χ0) is 26.7. The Balaban J connectivity index is 1.41. The average molecular weight is 510 g/mol. The molecule has 0 N–H and O–H groups in total. The van der Waals surface area contributed by atoms with Crippen molar-refractivity contribution >= 4 is 0 Å². The highest BCUT2D eigenvalue weighted by Gasteiger charge is 2.51. The summed E-state index contributed by atoms with van der Waals surface area (Å²) in [5.74, 6) is 1.77. The number of benzene rings is 6. The van der Waals surface area contributed by atoms with Gasteiger partial charge in [0, 0.05) is 16.7 Å². The molecule has 186 valence electrons. The van der Waals surface area contributed by atoms with Crippen LogP contribution < -0.4 is 4.74 Å². The molecule has 0 saturated carbocycles. The summed E-state index contributed by atoms with van der Waals surface area (Å²) in [6.07, 6.45) is 0. The first-order valence-electron chi connectivity index (χ1n) is 13.5. The molecule has 0 fully saturated rings. The van der Waals surface area contributed by atoms with Gasteiger partial charge < -0.3 is 4.74 Å². The summed E-state index contributed by atoms with van der Waals surface area (Å²) in [6, 6.07) is 51.1. The first kappa shape index (κ1) is 22.6. The Kier molecular flexibility index (Phi) is 4.83. The lowest BCUT2D eigenvalue weighted by Crippen LogP contribution is -2.32. The zero-order valence-electron chi connectivity index (χ0n) is 21.6. The van der Waals surface area contributed by atoms with Gasteiger partial charge in [-0.2, -0.15) is 5.26 Å². The van der Waals surface area contributed by atoms with Gasteiger partial charge in [-0.15, -0.1) is 0 Å². The van der Waals surface area contributed by atoms with Crippen molar-refractivity contribution in [3.8, 4) is 50.9 Å². The maximum absolute atomic E-state index is 9.43. The summed E-state index contributed by atoms with van der Waals surface area (Å²) in [5.41, 5.74) is 11.8. The Morgan fingerprint density at radius 1 is 0.475 bits per heavy atom. The molecule has 40 heavy (non-hydrogen) atoms. The van der Waals surface area contributed by atoms with Gasteiger partial charge in [0.1, 0.15) is 11.5 Å². The number of hydrogen-bond donors (Lipinski definition) is 0. The average Bonchev–Trinajstić information content (AvgIpc) is 3.32. The first-order valence-corrected chi connectivity index (χ1v) is 13.5. The van der Waals surface area contributed by atoms with Crippen LogP contribution in [0.25, 0.3) is 33.4 Å². The van der Waals surface area contributed by atoms with Gasteiger partial charge in [-0.3, -0.25) is 0 Å². The maximum Gasteiger partial charge on any atom is 0.140 e. The van der Waals surface area contributed by atoms with E-state index >= 15 is 0 Å². The Hall–Kier alpha value is -5.39. The number of nitriles is 1. The Morgan fingerprint density at radius 2 is 1.02 bits per heavy atom. The number of fused-ring (bicyclic) bond motifs is 9. The molecule has 2 aliphatic rings. The summed E-state index contributed by atoms with van der Waals surface area (Å²) in [7, 11) is 0. The van der Waals surface area contributed by atoms with Gasteiger partial charge in [-0.25, -0.2) is 0 Å². The number of para-hydroxylation sites is 2. The Labute approximate surface area is 233 Å². The van der Waals surface area contributed by atoms with Crippen molar-refractivity contribution < 1.29 is 4.74 Å². The van der Waals surface area contributed by atoms with Crippen LogP contribution in [0, 0.1) is 11.3 Å². The Bertz CT molecular complexity index is 1970. The molecular weight excluding hydrogens is 486 g/mol. The second-order valence-electron chi connectivity index (χ2n) is 10.4. The van der Waals surface area contributed by atoms with Gasteiger partial charge in [-0.05, 0) is 63.2 Å². The van der Waals surface area contributed by atoms with Gasteiger partial charge in [0.05, 0.1) is 17.0 Å². The van der Waals surface area contributed by atoms with Crippen molar-refractivity contribution in [1.29, 1.82) is 5.26 Å². The van der Waals surface area contributed by atoms with Crippen LogP contribution in [-0.2, 0) is 5.41 Å².